The van der Waals surface area contributed by atoms with Crippen molar-refractivity contribution in [1.82, 2.24) is 0 Å². The third-order valence-corrected chi connectivity index (χ3v) is 6.95. The van der Waals surface area contributed by atoms with E-state index < -0.39 is 0 Å². The van der Waals surface area contributed by atoms with Gasteiger partial charge in [0.2, 0.25) is 0 Å². The topological polar surface area (TPSA) is 26.3 Å². The number of ether oxygens (including phenoxy) is 1. The minimum absolute atomic E-state index is 0.0755. The van der Waals surface area contributed by atoms with Crippen LogP contribution in [-0.4, -0.2) is 43.7 Å². The number of rotatable bonds is 15. The lowest BCUT2D eigenvalue weighted by Gasteiger charge is -2.38. The summed E-state index contributed by atoms with van der Waals surface area (Å²) in [5, 5.41) is 0. The molecule has 0 bridgehead atoms. The number of unbranched alkanes of at least 4 members (excludes halogenated alkanes) is 9. The molecule has 0 aliphatic heterocycles. The Labute approximate surface area is 192 Å². The Morgan fingerprint density at radius 3 is 2.10 bits per heavy atom. The quantitative estimate of drug-likeness (QED) is 0.165. The zero-order valence-corrected chi connectivity index (χ0v) is 20.6. The molecule has 0 saturated heterocycles. The molecule has 2 atom stereocenters. The number of hydrogen-bond acceptors (Lipinski definition) is 2. The van der Waals surface area contributed by atoms with Crippen molar-refractivity contribution >= 4 is 5.97 Å². The fraction of sp³-hybridized carbons (Fsp3) is 0.750. The molecule has 0 N–H and O–H groups in total. The van der Waals surface area contributed by atoms with E-state index >= 15 is 0 Å². The first-order valence-electron chi connectivity index (χ1n) is 13.1. The number of carbonyl (C=O) groups excluding carboxylic acids is 1. The van der Waals surface area contributed by atoms with E-state index in [0.717, 1.165) is 17.4 Å². The first-order valence-corrected chi connectivity index (χ1v) is 13.1. The van der Waals surface area contributed by atoms with E-state index in [1.165, 1.54) is 90.0 Å². The lowest BCUT2D eigenvalue weighted by Crippen LogP contribution is -2.48. The smallest absolute Gasteiger partial charge is 0.338 e. The molecule has 0 amide bonds. The fourth-order valence-corrected chi connectivity index (χ4v) is 5.07. The Bertz CT molecular complexity index is 598. The van der Waals surface area contributed by atoms with E-state index in [1.54, 1.807) is 0 Å². The molecular weight excluding hydrogens is 382 g/mol. The van der Waals surface area contributed by atoms with Crippen LogP contribution >= 0.6 is 0 Å². The molecule has 0 radical (unpaired) electrons. The number of carbonyl (C=O) groups is 1. The Kier molecular flexibility index (Phi) is 12.3. The van der Waals surface area contributed by atoms with Gasteiger partial charge < -0.3 is 9.22 Å². The van der Waals surface area contributed by atoms with Crippen LogP contribution in [0.5, 0.6) is 0 Å². The first-order chi connectivity index (χ1) is 15.0. The average Bonchev–Trinajstić information content (AvgIpc) is 2.77. The van der Waals surface area contributed by atoms with Gasteiger partial charge in [0.1, 0.15) is 6.10 Å². The molecule has 1 aromatic carbocycles. The van der Waals surface area contributed by atoms with Gasteiger partial charge in [0.15, 0.2) is 0 Å². The molecular formula is C28H48NO2+. The van der Waals surface area contributed by atoms with E-state index in [2.05, 4.69) is 21.0 Å². The van der Waals surface area contributed by atoms with E-state index in [-0.39, 0.29) is 12.1 Å². The highest BCUT2D eigenvalue weighted by atomic mass is 16.5. The maximum absolute atomic E-state index is 12.6. The van der Waals surface area contributed by atoms with Crippen LogP contribution in [0.15, 0.2) is 30.3 Å². The summed E-state index contributed by atoms with van der Waals surface area (Å²) in [4.78, 5) is 12.6. The van der Waals surface area contributed by atoms with Crippen LogP contribution in [0, 0.1) is 5.92 Å². The fourth-order valence-electron chi connectivity index (χ4n) is 5.07. The SMILES string of the molecule is CCCCCCCCCCCC[N+](C)(C)C[C@H]1CCCC[C@@H]1OC(=O)c1ccccc1. The zero-order chi connectivity index (χ0) is 22.4. The van der Waals surface area contributed by atoms with Gasteiger partial charge in [0, 0.05) is 5.92 Å². The highest BCUT2D eigenvalue weighted by molar-refractivity contribution is 5.89. The van der Waals surface area contributed by atoms with Gasteiger partial charge in [-0.3, -0.25) is 0 Å². The lowest BCUT2D eigenvalue weighted by atomic mass is 9.85. The third-order valence-electron chi connectivity index (χ3n) is 6.95. The molecule has 2 rings (SSSR count). The summed E-state index contributed by atoms with van der Waals surface area (Å²) >= 11 is 0. The van der Waals surface area contributed by atoms with Crippen LogP contribution in [0.25, 0.3) is 0 Å². The number of hydrogen-bond donors (Lipinski definition) is 0. The van der Waals surface area contributed by atoms with E-state index in [9.17, 15) is 4.79 Å². The molecule has 176 valence electrons. The molecule has 1 aliphatic rings. The van der Waals surface area contributed by atoms with Crippen LogP contribution in [0.4, 0.5) is 0 Å². The van der Waals surface area contributed by atoms with Crippen molar-refractivity contribution in [2.24, 2.45) is 5.92 Å². The van der Waals surface area contributed by atoms with Crippen molar-refractivity contribution in [2.45, 2.75) is 103 Å². The molecule has 1 fully saturated rings. The van der Waals surface area contributed by atoms with Crippen LogP contribution in [0.1, 0.15) is 107 Å². The Morgan fingerprint density at radius 2 is 1.45 bits per heavy atom. The standard InChI is InChI=1S/C28H48NO2/c1-4-5-6-7-8-9-10-11-12-18-23-29(2,3)24-26-21-16-17-22-27(26)31-28(30)25-19-14-13-15-20-25/h13-15,19-20,26-27H,4-12,16-18,21-24H2,1-3H3/q+1/t26-,27+/m1/s1. The monoisotopic (exact) mass is 430 g/mol. The van der Waals surface area contributed by atoms with Gasteiger partial charge in [0.25, 0.3) is 0 Å². The van der Waals surface area contributed by atoms with Gasteiger partial charge in [-0.1, -0.05) is 82.9 Å². The second kappa shape index (κ2) is 14.7. The van der Waals surface area contributed by atoms with Crippen LogP contribution in [0.3, 0.4) is 0 Å². The summed E-state index contributed by atoms with van der Waals surface area (Å²) in [5.41, 5.74) is 0.672. The minimum Gasteiger partial charge on any atom is -0.458 e. The first kappa shape index (κ1) is 25.9. The molecule has 0 unspecified atom stereocenters. The number of esters is 1. The van der Waals surface area contributed by atoms with Gasteiger partial charge in [-0.25, -0.2) is 4.79 Å². The van der Waals surface area contributed by atoms with Crippen molar-refractivity contribution in [3.63, 3.8) is 0 Å². The number of nitrogens with zero attached hydrogens (tertiary/aromatic N) is 1. The zero-order valence-electron chi connectivity index (χ0n) is 20.6. The summed E-state index contributed by atoms with van der Waals surface area (Å²) in [5.74, 6) is 0.331. The van der Waals surface area contributed by atoms with Gasteiger partial charge in [-0.05, 0) is 44.2 Å². The molecule has 1 saturated carbocycles. The molecule has 31 heavy (non-hydrogen) atoms. The van der Waals surface area contributed by atoms with Crippen LogP contribution in [-0.2, 0) is 4.74 Å². The summed E-state index contributed by atoms with van der Waals surface area (Å²) in [6.45, 7) is 4.63. The van der Waals surface area contributed by atoms with Crippen molar-refractivity contribution in [3.8, 4) is 0 Å². The summed E-state index contributed by atoms with van der Waals surface area (Å²) < 4.78 is 7.03. The molecule has 0 heterocycles. The van der Waals surface area contributed by atoms with Crippen molar-refractivity contribution in [1.29, 1.82) is 0 Å². The third kappa shape index (κ3) is 10.7. The molecule has 0 aromatic heterocycles. The largest absolute Gasteiger partial charge is 0.458 e. The van der Waals surface area contributed by atoms with Crippen LogP contribution < -0.4 is 0 Å². The number of quaternary nitrogens is 1. The minimum atomic E-state index is -0.155. The molecule has 1 aliphatic carbocycles. The van der Waals surface area contributed by atoms with E-state index in [1.807, 2.05) is 30.3 Å². The maximum Gasteiger partial charge on any atom is 0.338 e. The average molecular weight is 431 g/mol. The van der Waals surface area contributed by atoms with Crippen molar-refractivity contribution in [2.75, 3.05) is 27.2 Å². The maximum atomic E-state index is 12.6. The Hall–Kier alpha value is -1.35. The second-order valence-corrected chi connectivity index (χ2v) is 10.4. The van der Waals surface area contributed by atoms with E-state index in [0.29, 0.717) is 11.5 Å². The van der Waals surface area contributed by atoms with Crippen molar-refractivity contribution in [3.05, 3.63) is 35.9 Å². The van der Waals surface area contributed by atoms with Gasteiger partial charge in [0.05, 0.1) is 32.7 Å². The van der Waals surface area contributed by atoms with Gasteiger partial charge >= 0.3 is 5.97 Å². The highest BCUT2D eigenvalue weighted by Crippen LogP contribution is 2.29. The Morgan fingerprint density at radius 1 is 0.871 bits per heavy atom. The lowest BCUT2D eigenvalue weighted by molar-refractivity contribution is -0.894. The molecule has 0 spiro atoms. The van der Waals surface area contributed by atoms with Crippen LogP contribution in [0.2, 0.25) is 0 Å². The summed E-state index contributed by atoms with van der Waals surface area (Å²) in [6, 6.07) is 9.45. The molecule has 3 nitrogen and oxygen atoms in total. The predicted octanol–water partition coefficient (Wildman–Crippen LogP) is 7.40. The highest BCUT2D eigenvalue weighted by Gasteiger charge is 2.33. The van der Waals surface area contributed by atoms with Crippen molar-refractivity contribution < 1.29 is 14.0 Å². The molecule has 1 aromatic rings. The van der Waals surface area contributed by atoms with Gasteiger partial charge in [-0.15, -0.1) is 0 Å². The molecule has 3 heteroatoms. The van der Waals surface area contributed by atoms with Gasteiger partial charge in [-0.2, -0.15) is 0 Å². The summed E-state index contributed by atoms with van der Waals surface area (Å²) in [6.07, 6.45) is 18.6. The predicted molar refractivity (Wildman–Crippen MR) is 131 cm³/mol. The van der Waals surface area contributed by atoms with E-state index in [4.69, 9.17) is 4.74 Å². The normalized spacial score (nSPS) is 19.3. The Balaban J connectivity index is 1.66. The summed E-state index contributed by atoms with van der Waals surface area (Å²) in [7, 11) is 4.72. The number of benzene rings is 1. The second-order valence-electron chi connectivity index (χ2n) is 10.4.